The molecule has 0 heterocycles. The molecule has 2 rings (SSSR count). The van der Waals surface area contributed by atoms with E-state index >= 15 is 0 Å². The van der Waals surface area contributed by atoms with Gasteiger partial charge in [0, 0.05) is 5.02 Å². The van der Waals surface area contributed by atoms with Gasteiger partial charge >= 0.3 is 0 Å². The summed E-state index contributed by atoms with van der Waals surface area (Å²) in [7, 11) is 0. The largest absolute Gasteiger partial charge is 0.271 e. The first-order chi connectivity index (χ1) is 8.65. The highest BCUT2D eigenvalue weighted by Crippen LogP contribution is 2.41. The van der Waals surface area contributed by atoms with E-state index in [0.717, 1.165) is 24.3 Å². The van der Waals surface area contributed by atoms with Gasteiger partial charge < -0.3 is 0 Å². The minimum Gasteiger partial charge on any atom is -0.271 e. The highest BCUT2D eigenvalue weighted by molar-refractivity contribution is 6.31. The van der Waals surface area contributed by atoms with E-state index in [1.54, 1.807) is 6.07 Å². The van der Waals surface area contributed by atoms with Crippen molar-refractivity contribution in [3.05, 3.63) is 34.6 Å². The predicted molar refractivity (Wildman–Crippen MR) is 72.6 cm³/mol. The van der Waals surface area contributed by atoms with Gasteiger partial charge in [-0.2, -0.15) is 0 Å². The first-order valence-electron chi connectivity index (χ1n) is 6.56. The van der Waals surface area contributed by atoms with Crippen LogP contribution in [0.15, 0.2) is 18.2 Å². The average Bonchev–Trinajstić information content (AvgIpc) is 2.83. The van der Waals surface area contributed by atoms with Gasteiger partial charge in [-0.25, -0.2) is 4.39 Å². The van der Waals surface area contributed by atoms with Crippen molar-refractivity contribution >= 4 is 11.6 Å². The molecule has 1 saturated carbocycles. The van der Waals surface area contributed by atoms with Gasteiger partial charge in [0.05, 0.1) is 6.04 Å². The van der Waals surface area contributed by atoms with Crippen molar-refractivity contribution in [1.29, 1.82) is 0 Å². The molecule has 2 nitrogen and oxygen atoms in total. The molecule has 3 unspecified atom stereocenters. The maximum Gasteiger partial charge on any atom is 0.123 e. The molecule has 3 atom stereocenters. The molecule has 1 fully saturated rings. The monoisotopic (exact) mass is 270 g/mol. The topological polar surface area (TPSA) is 38.0 Å². The molecular weight excluding hydrogens is 251 g/mol. The first-order valence-corrected chi connectivity index (χ1v) is 6.94. The zero-order valence-corrected chi connectivity index (χ0v) is 11.4. The lowest BCUT2D eigenvalue weighted by atomic mass is 9.91. The van der Waals surface area contributed by atoms with Crippen LogP contribution in [0.1, 0.15) is 44.2 Å². The van der Waals surface area contributed by atoms with Gasteiger partial charge in [-0.1, -0.05) is 31.4 Å². The minimum atomic E-state index is -0.264. The second-order valence-corrected chi connectivity index (χ2v) is 5.56. The summed E-state index contributed by atoms with van der Waals surface area (Å²) in [5.41, 5.74) is 3.60. The van der Waals surface area contributed by atoms with Crippen molar-refractivity contribution in [2.45, 2.75) is 38.6 Å². The Morgan fingerprint density at radius 1 is 1.50 bits per heavy atom. The molecule has 0 spiro atoms. The van der Waals surface area contributed by atoms with Crippen molar-refractivity contribution < 1.29 is 4.39 Å². The van der Waals surface area contributed by atoms with Crippen LogP contribution in [0.5, 0.6) is 0 Å². The summed E-state index contributed by atoms with van der Waals surface area (Å²) in [6, 6.07) is 4.42. The Hall–Kier alpha value is -0.640. The van der Waals surface area contributed by atoms with Crippen molar-refractivity contribution in [3.63, 3.8) is 0 Å². The molecule has 0 radical (unpaired) electrons. The second kappa shape index (κ2) is 6.00. The van der Waals surface area contributed by atoms with Crippen LogP contribution in [0.4, 0.5) is 4.39 Å². The Balaban J connectivity index is 2.20. The van der Waals surface area contributed by atoms with Gasteiger partial charge in [0.1, 0.15) is 5.82 Å². The van der Waals surface area contributed by atoms with E-state index < -0.39 is 0 Å². The summed E-state index contributed by atoms with van der Waals surface area (Å²) in [6.07, 6.45) is 4.69. The molecule has 1 aliphatic carbocycles. The third-order valence-corrected chi connectivity index (χ3v) is 4.45. The highest BCUT2D eigenvalue weighted by atomic mass is 35.5. The van der Waals surface area contributed by atoms with E-state index in [1.807, 2.05) is 0 Å². The van der Waals surface area contributed by atoms with E-state index in [-0.39, 0.29) is 11.9 Å². The van der Waals surface area contributed by atoms with Crippen LogP contribution in [0, 0.1) is 17.7 Å². The van der Waals surface area contributed by atoms with Gasteiger partial charge in [0.2, 0.25) is 0 Å². The molecule has 0 saturated heterocycles. The maximum absolute atomic E-state index is 13.3. The lowest BCUT2D eigenvalue weighted by Gasteiger charge is -2.24. The second-order valence-electron chi connectivity index (χ2n) is 5.16. The Labute approximate surface area is 113 Å². The SMILES string of the molecule is CCC1CCC(C(NN)c2cc(F)ccc2Cl)C1. The van der Waals surface area contributed by atoms with Crippen LogP contribution in [0.2, 0.25) is 5.02 Å². The molecule has 0 bridgehead atoms. The number of rotatable bonds is 4. The third-order valence-electron chi connectivity index (χ3n) is 4.10. The normalized spacial score (nSPS) is 25.3. The minimum absolute atomic E-state index is 0.0512. The van der Waals surface area contributed by atoms with E-state index in [4.69, 9.17) is 17.4 Å². The first kappa shape index (κ1) is 13.8. The molecule has 0 amide bonds. The van der Waals surface area contributed by atoms with Crippen molar-refractivity contribution in [2.24, 2.45) is 17.7 Å². The Morgan fingerprint density at radius 3 is 2.89 bits per heavy atom. The lowest BCUT2D eigenvalue weighted by molar-refractivity contribution is 0.357. The zero-order valence-electron chi connectivity index (χ0n) is 10.6. The fourth-order valence-electron chi connectivity index (χ4n) is 3.02. The number of halogens is 2. The molecule has 0 aromatic heterocycles. The Kier molecular flexibility index (Phi) is 4.60. The number of nitrogens with two attached hydrogens (primary N) is 1. The molecule has 1 aliphatic rings. The molecule has 100 valence electrons. The summed E-state index contributed by atoms with van der Waals surface area (Å²) in [5, 5.41) is 0.583. The average molecular weight is 271 g/mol. The van der Waals surface area contributed by atoms with Gasteiger partial charge in [-0.15, -0.1) is 0 Å². The van der Waals surface area contributed by atoms with E-state index in [9.17, 15) is 4.39 Å². The van der Waals surface area contributed by atoms with Crippen LogP contribution in [-0.2, 0) is 0 Å². The summed E-state index contributed by atoms with van der Waals surface area (Å²) < 4.78 is 13.3. The molecule has 1 aromatic rings. The van der Waals surface area contributed by atoms with Crippen LogP contribution in [-0.4, -0.2) is 0 Å². The lowest BCUT2D eigenvalue weighted by Crippen LogP contribution is -2.33. The van der Waals surface area contributed by atoms with E-state index in [2.05, 4.69) is 12.3 Å². The molecular formula is C14H20ClFN2. The molecule has 0 aliphatic heterocycles. The van der Waals surface area contributed by atoms with Crippen LogP contribution in [0.25, 0.3) is 0 Å². The quantitative estimate of drug-likeness (QED) is 0.645. The number of nitrogens with one attached hydrogen (secondary N) is 1. The Bertz CT molecular complexity index is 411. The van der Waals surface area contributed by atoms with Gasteiger partial charge in [0.15, 0.2) is 0 Å². The summed E-state index contributed by atoms with van der Waals surface area (Å²) in [6.45, 7) is 2.22. The number of hydrazine groups is 1. The highest BCUT2D eigenvalue weighted by Gasteiger charge is 2.31. The predicted octanol–water partition coefficient (Wildman–Crippen LogP) is 3.81. The smallest absolute Gasteiger partial charge is 0.123 e. The number of benzene rings is 1. The fraction of sp³-hybridized carbons (Fsp3) is 0.571. The van der Waals surface area contributed by atoms with Gasteiger partial charge in [0.25, 0.3) is 0 Å². The molecule has 4 heteroatoms. The molecule has 1 aromatic carbocycles. The molecule has 3 N–H and O–H groups in total. The molecule has 18 heavy (non-hydrogen) atoms. The van der Waals surface area contributed by atoms with Crippen LogP contribution in [0.3, 0.4) is 0 Å². The fourth-order valence-corrected chi connectivity index (χ4v) is 3.26. The summed E-state index contributed by atoms with van der Waals surface area (Å²) in [4.78, 5) is 0. The standard InChI is InChI=1S/C14H20ClFN2/c1-2-9-3-4-10(7-9)14(18-17)12-8-11(16)5-6-13(12)15/h5-6,8-10,14,18H,2-4,7,17H2,1H3. The summed E-state index contributed by atoms with van der Waals surface area (Å²) in [5.74, 6) is 6.60. The van der Waals surface area contributed by atoms with Crippen LogP contribution >= 0.6 is 11.6 Å². The van der Waals surface area contributed by atoms with Gasteiger partial charge in [-0.3, -0.25) is 11.3 Å². The van der Waals surface area contributed by atoms with Crippen LogP contribution < -0.4 is 11.3 Å². The van der Waals surface area contributed by atoms with E-state index in [0.29, 0.717) is 10.9 Å². The zero-order chi connectivity index (χ0) is 13.1. The van der Waals surface area contributed by atoms with Crippen molar-refractivity contribution in [2.75, 3.05) is 0 Å². The maximum atomic E-state index is 13.3. The number of hydrogen-bond donors (Lipinski definition) is 2. The van der Waals surface area contributed by atoms with Crippen molar-refractivity contribution in [3.8, 4) is 0 Å². The Morgan fingerprint density at radius 2 is 2.28 bits per heavy atom. The van der Waals surface area contributed by atoms with Crippen molar-refractivity contribution in [1.82, 2.24) is 5.43 Å². The van der Waals surface area contributed by atoms with Gasteiger partial charge in [-0.05, 0) is 48.4 Å². The number of hydrogen-bond acceptors (Lipinski definition) is 2. The van der Waals surface area contributed by atoms with E-state index in [1.165, 1.54) is 25.0 Å². The summed E-state index contributed by atoms with van der Waals surface area (Å²) >= 11 is 6.16. The third kappa shape index (κ3) is 2.85.